The second kappa shape index (κ2) is 22.5. The van der Waals surface area contributed by atoms with Gasteiger partial charge in [0.2, 0.25) is 0 Å². The van der Waals surface area contributed by atoms with E-state index >= 15 is 0 Å². The van der Waals surface area contributed by atoms with Gasteiger partial charge in [-0.25, -0.2) is 0 Å². The average Bonchev–Trinajstić information content (AvgIpc) is 1.66. The summed E-state index contributed by atoms with van der Waals surface area (Å²) in [7, 11) is 0. The maximum atomic E-state index is 3.25. The molecule has 0 N–H and O–H groups in total. The fraction of sp³-hybridized carbons (Fsp3) is 0.700. The molecule has 1 heteroatoms. The first kappa shape index (κ1) is 22.7. The van der Waals surface area contributed by atoms with Crippen molar-refractivity contribution in [2.45, 2.75) is 48.5 Å². The van der Waals surface area contributed by atoms with Crippen molar-refractivity contribution >= 4 is 0 Å². The van der Waals surface area contributed by atoms with E-state index in [4.69, 9.17) is 0 Å². The molecule has 0 nitrogen and oxygen atoms in total. The second-order valence-corrected chi connectivity index (χ2v) is 3.00. The molecule has 0 spiro atoms. The molecule has 0 fully saturated rings. The van der Waals surface area contributed by atoms with Gasteiger partial charge in [0.25, 0.3) is 0 Å². The van der Waals surface area contributed by atoms with Crippen LogP contribution in [0.3, 0.4) is 0 Å². The van der Waals surface area contributed by atoms with E-state index in [1.165, 1.54) is 11.8 Å². The largest absolute Gasteiger partial charge is 3.00 e. The SMILES string of the molecule is C[C-](C)C.C[C-](C)C.[CH2-]C.[Y+3]. The molecule has 66 valence electrons. The van der Waals surface area contributed by atoms with E-state index in [2.05, 4.69) is 48.5 Å². The first-order valence-corrected chi connectivity index (χ1v) is 3.71. The minimum absolute atomic E-state index is 0. The Balaban J connectivity index is -0.0000000339. The van der Waals surface area contributed by atoms with E-state index in [1.807, 2.05) is 0 Å². The van der Waals surface area contributed by atoms with Gasteiger partial charge >= 0.3 is 32.7 Å². The molecular weight excluding hydrogens is 209 g/mol. The second-order valence-electron chi connectivity index (χ2n) is 3.00. The Morgan fingerprint density at radius 2 is 0.636 bits per heavy atom. The van der Waals surface area contributed by atoms with Crippen molar-refractivity contribution < 1.29 is 32.7 Å². The van der Waals surface area contributed by atoms with E-state index in [1.54, 1.807) is 6.92 Å². The van der Waals surface area contributed by atoms with Crippen LogP contribution in [0, 0.1) is 18.8 Å². The minimum atomic E-state index is 0. The van der Waals surface area contributed by atoms with Gasteiger partial charge in [-0.1, -0.05) is 0 Å². The summed E-state index contributed by atoms with van der Waals surface area (Å²) in [6.07, 6.45) is 0. The standard InChI is InChI=1S/2C4H9.C2H5.Y/c2*1-4(2)3;1-2;/h2*1-3H3;1H2,2H3;/q3*-1;+3. The van der Waals surface area contributed by atoms with Crippen LogP contribution in [0.2, 0.25) is 0 Å². The first-order valence-electron chi connectivity index (χ1n) is 3.71. The molecule has 0 aliphatic rings. The monoisotopic (exact) mass is 232 g/mol. The molecule has 0 aromatic heterocycles. The smallest absolute Gasteiger partial charge is 0.346 e. The zero-order chi connectivity index (χ0) is 9.15. The summed E-state index contributed by atoms with van der Waals surface area (Å²) in [5, 5.41) is 0. The van der Waals surface area contributed by atoms with Crippen LogP contribution < -0.4 is 0 Å². The van der Waals surface area contributed by atoms with Gasteiger partial charge in [-0.05, 0) is 0 Å². The Hall–Kier alpha value is 1.10. The Labute approximate surface area is 99.4 Å². The topological polar surface area (TPSA) is 0 Å². The third kappa shape index (κ3) is 755. The number of hydrogen-bond donors (Lipinski definition) is 0. The maximum Gasteiger partial charge on any atom is 3.00 e. The van der Waals surface area contributed by atoms with Crippen molar-refractivity contribution in [3.63, 3.8) is 0 Å². The Kier molecular flexibility index (Phi) is 46.4. The Morgan fingerprint density at radius 1 is 0.636 bits per heavy atom. The molecule has 11 heavy (non-hydrogen) atoms. The molecule has 0 aliphatic heterocycles. The van der Waals surface area contributed by atoms with Crippen LogP contribution in [0.4, 0.5) is 0 Å². The zero-order valence-electron chi connectivity index (χ0n) is 9.28. The van der Waals surface area contributed by atoms with Gasteiger partial charge in [0.15, 0.2) is 0 Å². The van der Waals surface area contributed by atoms with Crippen LogP contribution in [0.5, 0.6) is 0 Å². The molecule has 0 aromatic carbocycles. The van der Waals surface area contributed by atoms with Gasteiger partial charge in [-0.2, -0.15) is 48.5 Å². The van der Waals surface area contributed by atoms with Gasteiger partial charge < -0.3 is 18.8 Å². The maximum absolute atomic E-state index is 3.25. The molecule has 0 amide bonds. The van der Waals surface area contributed by atoms with Crippen LogP contribution >= 0.6 is 0 Å². The summed E-state index contributed by atoms with van der Waals surface area (Å²) >= 11 is 0. The van der Waals surface area contributed by atoms with Crippen molar-refractivity contribution in [3.8, 4) is 0 Å². The zero-order valence-corrected chi connectivity index (χ0v) is 12.1. The van der Waals surface area contributed by atoms with E-state index in [0.717, 1.165) is 0 Å². The third-order valence-corrected chi connectivity index (χ3v) is 0. The summed E-state index contributed by atoms with van der Waals surface area (Å²) in [5.41, 5.74) is 0. The third-order valence-electron chi connectivity index (χ3n) is 0. The van der Waals surface area contributed by atoms with Gasteiger partial charge in [0, 0.05) is 0 Å². The fourth-order valence-corrected chi connectivity index (χ4v) is 0. The van der Waals surface area contributed by atoms with Crippen molar-refractivity contribution in [3.05, 3.63) is 18.8 Å². The number of rotatable bonds is 0. The summed E-state index contributed by atoms with van der Waals surface area (Å²) in [6.45, 7) is 17.5. The van der Waals surface area contributed by atoms with E-state index in [-0.39, 0.29) is 32.7 Å². The summed E-state index contributed by atoms with van der Waals surface area (Å²) in [5.74, 6) is 2.83. The van der Waals surface area contributed by atoms with Crippen molar-refractivity contribution in [2.24, 2.45) is 0 Å². The number of hydrogen-bond acceptors (Lipinski definition) is 0. The molecule has 0 radical (unpaired) electrons. The molecule has 0 aromatic rings. The molecule has 0 atom stereocenters. The van der Waals surface area contributed by atoms with Gasteiger partial charge in [-0.15, -0.1) is 0 Å². The first-order chi connectivity index (χ1) is 4.46. The van der Waals surface area contributed by atoms with E-state index < -0.39 is 0 Å². The van der Waals surface area contributed by atoms with Crippen molar-refractivity contribution in [1.29, 1.82) is 0 Å². The molecule has 0 aliphatic carbocycles. The van der Waals surface area contributed by atoms with Gasteiger partial charge in [0.1, 0.15) is 0 Å². The van der Waals surface area contributed by atoms with E-state index in [9.17, 15) is 0 Å². The van der Waals surface area contributed by atoms with Crippen LogP contribution in [0.25, 0.3) is 0 Å². The van der Waals surface area contributed by atoms with Crippen LogP contribution in [-0.2, 0) is 32.7 Å². The summed E-state index contributed by atoms with van der Waals surface area (Å²) in [6, 6.07) is 0. The molecule has 0 rings (SSSR count). The van der Waals surface area contributed by atoms with Gasteiger partial charge in [-0.3, -0.25) is 0 Å². The molecule has 0 saturated carbocycles. The predicted octanol–water partition coefficient (Wildman–Crippen LogP) is 4.08. The molecule has 0 heterocycles. The Morgan fingerprint density at radius 3 is 0.636 bits per heavy atom. The predicted molar refractivity (Wildman–Crippen MR) is 51.6 cm³/mol. The van der Waals surface area contributed by atoms with Crippen LogP contribution in [-0.4, -0.2) is 0 Å². The van der Waals surface area contributed by atoms with Crippen LogP contribution in [0.15, 0.2) is 0 Å². The fourth-order valence-electron chi connectivity index (χ4n) is 0. The van der Waals surface area contributed by atoms with Gasteiger partial charge in [0.05, 0.1) is 0 Å². The molecule has 0 bridgehead atoms. The van der Waals surface area contributed by atoms with Crippen LogP contribution in [0.1, 0.15) is 48.5 Å². The molecular formula is C10H23Y. The summed E-state index contributed by atoms with van der Waals surface area (Å²) in [4.78, 5) is 0. The molecule has 0 saturated heterocycles. The average molecular weight is 232 g/mol. The quantitative estimate of drug-likeness (QED) is 0.552. The van der Waals surface area contributed by atoms with Crippen molar-refractivity contribution in [2.75, 3.05) is 0 Å². The van der Waals surface area contributed by atoms with Crippen molar-refractivity contribution in [1.82, 2.24) is 0 Å². The minimum Gasteiger partial charge on any atom is -0.346 e. The molecule has 0 unspecified atom stereocenters. The Bertz CT molecular complexity index is 20.3. The summed E-state index contributed by atoms with van der Waals surface area (Å²) < 4.78 is 0. The normalized spacial score (nSPS) is 7.09. The van der Waals surface area contributed by atoms with E-state index in [0.29, 0.717) is 0 Å².